The first kappa shape index (κ1) is 45.4. The topological polar surface area (TPSA) is 61.2 Å². The standard InChI is InChI=1S/C41H76ClN3O2/c1-4-6-8-10-12-14-16-18-20-22-24-26-28-30-32-34-40(46)43-36-39(45(3)38-42)37-44-41(47)35-33-31-29-27-25-23-21-19-17-15-13-11-9-7-5-2/h18-21H,4-17,22-38H2,1-3H3,(H-,43,44,46,47)/p+1. The lowest BCUT2D eigenvalue weighted by Crippen LogP contribution is -2.41. The molecule has 0 heterocycles. The van der Waals surface area contributed by atoms with Crippen molar-refractivity contribution in [2.24, 2.45) is 0 Å². The van der Waals surface area contributed by atoms with Crippen molar-refractivity contribution in [3.05, 3.63) is 24.3 Å². The maximum Gasteiger partial charge on any atom is 0.220 e. The molecule has 0 rings (SSSR count). The predicted octanol–water partition coefficient (Wildman–Crippen LogP) is 11.6. The van der Waals surface area contributed by atoms with Crippen LogP contribution in [-0.4, -0.2) is 48.2 Å². The van der Waals surface area contributed by atoms with Crippen molar-refractivity contribution in [1.82, 2.24) is 10.6 Å². The maximum absolute atomic E-state index is 12.4. The van der Waals surface area contributed by atoms with Gasteiger partial charge in [0, 0.05) is 12.8 Å². The Morgan fingerprint density at radius 1 is 0.489 bits per heavy atom. The van der Waals surface area contributed by atoms with Gasteiger partial charge in [0.25, 0.3) is 0 Å². The first-order valence-electron chi connectivity index (χ1n) is 20.0. The number of amides is 2. The van der Waals surface area contributed by atoms with Crippen LogP contribution in [0.5, 0.6) is 0 Å². The van der Waals surface area contributed by atoms with Gasteiger partial charge in [-0.25, -0.2) is 4.58 Å². The summed E-state index contributed by atoms with van der Waals surface area (Å²) in [7, 11) is 1.90. The minimum absolute atomic E-state index is 0.0720. The van der Waals surface area contributed by atoms with Crippen LogP contribution in [0.2, 0.25) is 0 Å². The van der Waals surface area contributed by atoms with Crippen LogP contribution < -0.4 is 10.6 Å². The van der Waals surface area contributed by atoms with Gasteiger partial charge in [0.1, 0.15) is 7.05 Å². The summed E-state index contributed by atoms with van der Waals surface area (Å²) in [4.78, 5) is 24.8. The Morgan fingerprint density at radius 3 is 1.11 bits per heavy atom. The van der Waals surface area contributed by atoms with Crippen molar-refractivity contribution in [2.45, 2.75) is 194 Å². The molecule has 5 nitrogen and oxygen atoms in total. The molecule has 0 aliphatic carbocycles. The normalized spacial score (nSPS) is 11.5. The van der Waals surface area contributed by atoms with Gasteiger partial charge in [-0.2, -0.15) is 0 Å². The van der Waals surface area contributed by atoms with Crippen molar-refractivity contribution in [3.63, 3.8) is 0 Å². The zero-order valence-corrected chi connectivity index (χ0v) is 32.1. The van der Waals surface area contributed by atoms with E-state index in [1.54, 1.807) is 0 Å². The molecule has 0 aliphatic rings. The molecule has 6 heteroatoms. The van der Waals surface area contributed by atoms with Gasteiger partial charge in [0.05, 0.1) is 13.1 Å². The first-order valence-corrected chi connectivity index (χ1v) is 20.5. The summed E-state index contributed by atoms with van der Waals surface area (Å²) in [6, 6.07) is 0.323. The van der Waals surface area contributed by atoms with E-state index in [1.807, 2.05) is 11.6 Å². The van der Waals surface area contributed by atoms with Crippen molar-refractivity contribution in [2.75, 3.05) is 26.1 Å². The zero-order valence-electron chi connectivity index (χ0n) is 31.4. The maximum atomic E-state index is 12.4. The molecule has 2 amide bonds. The van der Waals surface area contributed by atoms with Crippen LogP contribution in [0, 0.1) is 0 Å². The summed E-state index contributed by atoms with van der Waals surface area (Å²) in [5, 5.41) is 6.06. The number of hydrogen-bond acceptors (Lipinski definition) is 2. The summed E-state index contributed by atoms with van der Waals surface area (Å²) in [6.07, 6.45) is 43.1. The second kappa shape index (κ2) is 37.2. The highest BCUT2D eigenvalue weighted by Crippen LogP contribution is 2.11. The molecule has 0 aromatic carbocycles. The molecule has 0 unspecified atom stereocenters. The minimum atomic E-state index is 0.0720. The van der Waals surface area contributed by atoms with E-state index in [0.717, 1.165) is 31.4 Å². The molecule has 0 aliphatic heterocycles. The first-order chi connectivity index (χ1) is 23.0. The summed E-state index contributed by atoms with van der Waals surface area (Å²) in [5.41, 5.74) is 0.927. The summed E-state index contributed by atoms with van der Waals surface area (Å²) in [5.74, 6) is 0.144. The average molecular weight is 680 g/mol. The highest BCUT2D eigenvalue weighted by Gasteiger charge is 2.14. The highest BCUT2D eigenvalue weighted by molar-refractivity contribution is 6.17. The zero-order chi connectivity index (χ0) is 34.5. The van der Waals surface area contributed by atoms with Gasteiger partial charge >= 0.3 is 0 Å². The fourth-order valence-corrected chi connectivity index (χ4v) is 5.88. The molecule has 0 spiro atoms. The van der Waals surface area contributed by atoms with Crippen molar-refractivity contribution in [1.29, 1.82) is 0 Å². The molecular formula is C41H77ClN3O2+. The second-order valence-corrected chi connectivity index (χ2v) is 13.8. The van der Waals surface area contributed by atoms with Gasteiger partial charge in [-0.15, -0.1) is 0 Å². The Balaban J connectivity index is 3.81. The van der Waals surface area contributed by atoms with Gasteiger partial charge in [-0.3, -0.25) is 9.59 Å². The third-order valence-electron chi connectivity index (χ3n) is 9.03. The van der Waals surface area contributed by atoms with Crippen LogP contribution in [-0.2, 0) is 9.59 Å². The second-order valence-electron chi connectivity index (χ2n) is 13.6. The molecule has 2 N–H and O–H groups in total. The van der Waals surface area contributed by atoms with Crippen LogP contribution in [0.25, 0.3) is 0 Å². The van der Waals surface area contributed by atoms with Gasteiger partial charge in [-0.1, -0.05) is 152 Å². The number of nitrogens with zero attached hydrogens (tertiary/aromatic N) is 1. The van der Waals surface area contributed by atoms with E-state index in [9.17, 15) is 9.59 Å². The number of allylic oxidation sites excluding steroid dienone is 4. The van der Waals surface area contributed by atoms with E-state index in [0.29, 0.717) is 31.9 Å². The highest BCUT2D eigenvalue weighted by atomic mass is 35.5. The van der Waals surface area contributed by atoms with E-state index >= 15 is 0 Å². The van der Waals surface area contributed by atoms with Crippen LogP contribution in [0.3, 0.4) is 0 Å². The fourth-order valence-electron chi connectivity index (χ4n) is 5.71. The van der Waals surface area contributed by atoms with E-state index in [1.165, 1.54) is 141 Å². The predicted molar refractivity (Wildman–Crippen MR) is 207 cm³/mol. The van der Waals surface area contributed by atoms with Crippen LogP contribution in [0.15, 0.2) is 24.3 Å². The molecule has 0 saturated heterocycles. The molecular weight excluding hydrogens is 602 g/mol. The molecule has 0 aromatic heterocycles. The van der Waals surface area contributed by atoms with E-state index < -0.39 is 0 Å². The number of alkyl halides is 1. The Hall–Kier alpha value is -1.62. The smallest absolute Gasteiger partial charge is 0.220 e. The van der Waals surface area contributed by atoms with Crippen LogP contribution in [0.1, 0.15) is 194 Å². The molecule has 0 bridgehead atoms. The number of carbonyl (C=O) groups excluding carboxylic acids is 2. The van der Waals surface area contributed by atoms with E-state index in [-0.39, 0.29) is 11.8 Å². The van der Waals surface area contributed by atoms with Crippen molar-refractivity contribution in [3.8, 4) is 0 Å². The van der Waals surface area contributed by atoms with Crippen molar-refractivity contribution >= 4 is 29.1 Å². The van der Waals surface area contributed by atoms with Crippen molar-refractivity contribution < 1.29 is 14.2 Å². The van der Waals surface area contributed by atoms with E-state index in [4.69, 9.17) is 11.6 Å². The van der Waals surface area contributed by atoms with Gasteiger partial charge in [0.2, 0.25) is 17.8 Å². The third kappa shape index (κ3) is 34.1. The number of carbonyl (C=O) groups is 2. The lowest BCUT2D eigenvalue weighted by atomic mass is 10.1. The Bertz CT molecular complexity index is 751. The number of rotatable bonds is 35. The minimum Gasteiger partial charge on any atom is -0.346 e. The number of nitrogens with one attached hydrogen (secondary N) is 2. The summed E-state index contributed by atoms with van der Waals surface area (Å²) in [6.45, 7) is 5.37. The molecule has 274 valence electrons. The third-order valence-corrected chi connectivity index (χ3v) is 9.39. The average Bonchev–Trinajstić information content (AvgIpc) is 3.07. The van der Waals surface area contributed by atoms with Gasteiger partial charge in [0.15, 0.2) is 5.71 Å². The lowest BCUT2D eigenvalue weighted by molar-refractivity contribution is -0.479. The molecule has 0 atom stereocenters. The number of unbranched alkanes of at least 4 members (excludes halogenated alkanes) is 22. The molecule has 0 fully saturated rings. The SMILES string of the molecule is CCCCCCCCC=CCCCCCCCC(=O)NCC(CNC(=O)CCCCCCCC=CCCCCCCCC)=[N+](C)CCl. The quantitative estimate of drug-likeness (QED) is 0.0175. The van der Waals surface area contributed by atoms with E-state index in [2.05, 4.69) is 48.8 Å². The van der Waals surface area contributed by atoms with Crippen LogP contribution in [0.4, 0.5) is 0 Å². The Morgan fingerprint density at radius 2 is 0.787 bits per heavy atom. The number of hydrogen-bond donors (Lipinski definition) is 2. The Kier molecular flexibility index (Phi) is 35.9. The lowest BCUT2D eigenvalue weighted by Gasteiger charge is -2.09. The molecule has 47 heavy (non-hydrogen) atoms. The largest absolute Gasteiger partial charge is 0.346 e. The van der Waals surface area contributed by atoms with Gasteiger partial charge < -0.3 is 10.6 Å². The number of halogens is 1. The molecule has 0 aromatic rings. The fraction of sp³-hybridized carbons (Fsp3) is 0.829. The molecule has 0 radical (unpaired) electrons. The van der Waals surface area contributed by atoms with Gasteiger partial charge in [-0.05, 0) is 64.2 Å². The monoisotopic (exact) mass is 679 g/mol. The summed E-state index contributed by atoms with van der Waals surface area (Å²) >= 11 is 6.06. The van der Waals surface area contributed by atoms with Crippen LogP contribution >= 0.6 is 11.6 Å². The molecule has 0 saturated carbocycles. The summed E-state index contributed by atoms with van der Waals surface area (Å²) < 4.78 is 1.90. The Labute approximate surface area is 297 Å².